The summed E-state index contributed by atoms with van der Waals surface area (Å²) >= 11 is 0. The van der Waals surface area contributed by atoms with Gasteiger partial charge < -0.3 is 38.9 Å². The summed E-state index contributed by atoms with van der Waals surface area (Å²) in [5.74, 6) is 0.348. The van der Waals surface area contributed by atoms with E-state index >= 15 is 0 Å². The second-order valence-electron chi connectivity index (χ2n) is 12.6. The summed E-state index contributed by atoms with van der Waals surface area (Å²) in [4.78, 5) is 24.9. The maximum absolute atomic E-state index is 14.3. The van der Waals surface area contributed by atoms with Gasteiger partial charge in [0.05, 0.1) is 31.3 Å². The van der Waals surface area contributed by atoms with Gasteiger partial charge in [0.15, 0.2) is 17.8 Å². The third kappa shape index (κ3) is 8.14. The number of aliphatic hydroxyl groups is 1. The number of alkyl carbamates (subject to hydrolysis) is 1. The lowest BCUT2D eigenvalue weighted by atomic mass is 9.87. The van der Waals surface area contributed by atoms with Crippen LogP contribution < -0.4 is 14.8 Å². The highest BCUT2D eigenvalue weighted by atomic mass is 32.2. The molecule has 2 saturated heterocycles. The van der Waals surface area contributed by atoms with Crippen molar-refractivity contribution in [3.05, 3.63) is 54.1 Å². The molecule has 2 aromatic carbocycles. The molecule has 0 unspecified atom stereocenters. The molecule has 13 heteroatoms. The molecule has 5 atom stereocenters. The van der Waals surface area contributed by atoms with E-state index in [9.17, 15) is 23.1 Å². The van der Waals surface area contributed by atoms with Gasteiger partial charge in [0, 0.05) is 19.5 Å². The smallest absolute Gasteiger partial charge is 0.407 e. The van der Waals surface area contributed by atoms with E-state index in [1.165, 1.54) is 17.3 Å². The molecule has 0 spiro atoms. The summed E-state index contributed by atoms with van der Waals surface area (Å²) in [5.41, 5.74) is 0.204. The molecule has 2 N–H and O–H groups in total. The fourth-order valence-electron chi connectivity index (χ4n) is 5.92. The normalized spacial score (nSPS) is 22.2. The van der Waals surface area contributed by atoms with Crippen molar-refractivity contribution >= 4 is 21.9 Å². The van der Waals surface area contributed by atoms with E-state index in [1.54, 1.807) is 12.1 Å². The number of Topliss-reactive ketones (excluding diaryl/α,β-unsaturated/α-hetero) is 1. The predicted molar refractivity (Wildman–Crippen MR) is 162 cm³/mol. The Kier molecular flexibility index (Phi) is 10.3. The molecule has 0 radical (unpaired) electrons. The number of aliphatic hydroxyl groups excluding tert-OH is 1. The first-order valence-corrected chi connectivity index (χ1v) is 16.7. The Morgan fingerprint density at radius 2 is 1.89 bits per heavy atom. The van der Waals surface area contributed by atoms with Crippen LogP contribution >= 0.6 is 0 Å². The van der Waals surface area contributed by atoms with Crippen molar-refractivity contribution in [2.45, 2.75) is 75.9 Å². The van der Waals surface area contributed by atoms with E-state index in [0.717, 1.165) is 5.56 Å². The van der Waals surface area contributed by atoms with Gasteiger partial charge in [-0.15, -0.1) is 0 Å². The van der Waals surface area contributed by atoms with Gasteiger partial charge in [-0.1, -0.05) is 50.2 Å². The molecule has 0 bridgehead atoms. The molecular formula is C32H42N2O10S. The number of fused-ring (bicyclic) bond motifs is 2. The van der Waals surface area contributed by atoms with Gasteiger partial charge >= 0.3 is 6.09 Å². The van der Waals surface area contributed by atoms with Crippen LogP contribution in [0.4, 0.5) is 4.79 Å². The molecule has 3 aliphatic rings. The van der Waals surface area contributed by atoms with E-state index in [2.05, 4.69) is 5.32 Å². The third-order valence-corrected chi connectivity index (χ3v) is 10.3. The maximum Gasteiger partial charge on any atom is 0.407 e. The van der Waals surface area contributed by atoms with Crippen LogP contribution in [0.15, 0.2) is 53.4 Å². The van der Waals surface area contributed by atoms with Crippen molar-refractivity contribution in [2.24, 2.45) is 11.3 Å². The first kappa shape index (κ1) is 33.1. The quantitative estimate of drug-likeness (QED) is 0.313. The van der Waals surface area contributed by atoms with Crippen molar-refractivity contribution in [3.63, 3.8) is 0 Å². The summed E-state index contributed by atoms with van der Waals surface area (Å²) in [6, 6.07) is 13.0. The number of nitrogens with zero attached hydrogens (tertiary/aromatic N) is 1. The number of para-hydroxylation sites is 1. The summed E-state index contributed by atoms with van der Waals surface area (Å²) < 4.78 is 57.5. The summed E-state index contributed by atoms with van der Waals surface area (Å²) in [5, 5.41) is 14.5. The Hall–Kier alpha value is -3.23. The van der Waals surface area contributed by atoms with Gasteiger partial charge in [-0.05, 0) is 49.3 Å². The fourth-order valence-corrected chi connectivity index (χ4v) is 7.71. The van der Waals surface area contributed by atoms with Gasteiger partial charge in [0.1, 0.15) is 16.8 Å². The molecule has 2 fully saturated rings. The van der Waals surface area contributed by atoms with Crippen LogP contribution in [-0.2, 0) is 35.4 Å². The zero-order valence-electron chi connectivity index (χ0n) is 25.8. The molecular weight excluding hydrogens is 604 g/mol. The van der Waals surface area contributed by atoms with Crippen molar-refractivity contribution in [1.82, 2.24) is 9.62 Å². The van der Waals surface area contributed by atoms with Crippen LogP contribution in [0.1, 0.15) is 45.6 Å². The molecule has 2 aromatic rings. The standard InChI is InChI=1S/C32H42N2O10S/c1-21(35)12-14-32(2,3)19-34(45(38,39)28-11-7-10-26-29(28)43-20-42-26)17-25(36)24(16-22-8-5-4-6-9-22)33-31(37)44-27-18-41-30-23(27)13-15-40-30/h4-11,23-25,27,30,36H,12-20H2,1-3H3,(H,33,37)/t23-,24-,25+,27-,30+/m0/s1. The van der Waals surface area contributed by atoms with Crippen LogP contribution in [0.5, 0.6) is 11.5 Å². The van der Waals surface area contributed by atoms with Crippen LogP contribution in [0.25, 0.3) is 0 Å². The van der Waals surface area contributed by atoms with Gasteiger partial charge in [-0.2, -0.15) is 4.31 Å². The topological polar surface area (TPSA) is 150 Å². The molecule has 5 rings (SSSR count). The van der Waals surface area contributed by atoms with E-state index in [-0.39, 0.29) is 61.7 Å². The number of carbonyl (C=O) groups is 2. The number of ether oxygens (including phenoxy) is 5. The number of carbonyl (C=O) groups excluding carboxylic acids is 2. The molecule has 3 heterocycles. The lowest BCUT2D eigenvalue weighted by Gasteiger charge is -2.35. The average Bonchev–Trinajstić information content (AvgIpc) is 3.75. The number of hydrogen-bond acceptors (Lipinski definition) is 10. The second kappa shape index (κ2) is 14.0. The number of nitrogens with one attached hydrogen (secondary N) is 1. The lowest BCUT2D eigenvalue weighted by molar-refractivity contribution is -0.117. The first-order chi connectivity index (χ1) is 21.4. The minimum atomic E-state index is -4.25. The molecule has 0 aliphatic carbocycles. The van der Waals surface area contributed by atoms with Crippen LogP contribution in [0.2, 0.25) is 0 Å². The molecule has 0 saturated carbocycles. The molecule has 246 valence electrons. The highest BCUT2D eigenvalue weighted by Gasteiger charge is 2.44. The van der Waals surface area contributed by atoms with E-state index in [1.807, 2.05) is 44.2 Å². The van der Waals surface area contributed by atoms with E-state index in [0.29, 0.717) is 25.2 Å². The molecule has 0 aromatic heterocycles. The van der Waals surface area contributed by atoms with Crippen molar-refractivity contribution < 1.29 is 46.8 Å². The first-order valence-electron chi connectivity index (χ1n) is 15.2. The van der Waals surface area contributed by atoms with Gasteiger partial charge in [-0.25, -0.2) is 13.2 Å². The highest BCUT2D eigenvalue weighted by Crippen LogP contribution is 2.40. The minimum Gasteiger partial charge on any atom is -0.454 e. The third-order valence-electron chi connectivity index (χ3n) is 8.44. The zero-order chi connectivity index (χ0) is 32.2. The van der Waals surface area contributed by atoms with Crippen molar-refractivity contribution in [2.75, 3.05) is 33.1 Å². The number of ketones is 1. The Labute approximate surface area is 264 Å². The van der Waals surface area contributed by atoms with Crippen LogP contribution in [0.3, 0.4) is 0 Å². The largest absolute Gasteiger partial charge is 0.454 e. The number of hydrogen-bond donors (Lipinski definition) is 2. The summed E-state index contributed by atoms with van der Waals surface area (Å²) in [6.45, 7) is 5.52. The van der Waals surface area contributed by atoms with Crippen LogP contribution in [0, 0.1) is 11.3 Å². The van der Waals surface area contributed by atoms with Gasteiger partial charge in [-0.3, -0.25) is 0 Å². The Morgan fingerprint density at radius 1 is 1.11 bits per heavy atom. The van der Waals surface area contributed by atoms with Crippen LogP contribution in [-0.4, -0.2) is 87.3 Å². The number of amides is 1. The molecule has 3 aliphatic heterocycles. The zero-order valence-corrected chi connectivity index (χ0v) is 26.7. The number of sulfonamides is 1. The molecule has 1 amide bonds. The second-order valence-corrected chi connectivity index (χ2v) is 14.5. The molecule has 45 heavy (non-hydrogen) atoms. The predicted octanol–water partition coefficient (Wildman–Crippen LogP) is 3.26. The van der Waals surface area contributed by atoms with Gasteiger partial charge in [0.25, 0.3) is 0 Å². The number of rotatable bonds is 14. The Balaban J connectivity index is 1.39. The number of benzene rings is 2. The van der Waals surface area contributed by atoms with E-state index in [4.69, 9.17) is 23.7 Å². The lowest BCUT2D eigenvalue weighted by Crippen LogP contribution is -2.52. The SMILES string of the molecule is CC(=O)CCC(C)(C)CN(C[C@@H](O)[C@H](Cc1ccccc1)NC(=O)O[C@H]1CO[C@H]2OCC[C@H]21)S(=O)(=O)c1cccc2c1OCO2. The van der Waals surface area contributed by atoms with E-state index < -0.39 is 46.1 Å². The van der Waals surface area contributed by atoms with Crippen molar-refractivity contribution in [3.8, 4) is 11.5 Å². The minimum absolute atomic E-state index is 0.00210. The van der Waals surface area contributed by atoms with Gasteiger partial charge in [0.2, 0.25) is 16.8 Å². The Bertz CT molecular complexity index is 1450. The van der Waals surface area contributed by atoms with Crippen molar-refractivity contribution in [1.29, 1.82) is 0 Å². The monoisotopic (exact) mass is 646 g/mol. The maximum atomic E-state index is 14.3. The fraction of sp³-hybridized carbons (Fsp3) is 0.562. The Morgan fingerprint density at radius 3 is 2.64 bits per heavy atom. The highest BCUT2D eigenvalue weighted by molar-refractivity contribution is 7.89. The summed E-state index contributed by atoms with van der Waals surface area (Å²) in [6.07, 6.45) is -1.32. The average molecular weight is 647 g/mol. The summed E-state index contributed by atoms with van der Waals surface area (Å²) in [7, 11) is -4.25. The molecule has 12 nitrogen and oxygen atoms in total.